The van der Waals surface area contributed by atoms with Gasteiger partial charge in [-0.2, -0.15) is 4.99 Å². The molecule has 0 bridgehead atoms. The normalized spacial score (nSPS) is 11.7. The average molecular weight is 433 g/mol. The molecule has 4 aromatic rings. The summed E-state index contributed by atoms with van der Waals surface area (Å²) in [5.41, 5.74) is 2.73. The highest BCUT2D eigenvalue weighted by Crippen LogP contribution is 2.23. The van der Waals surface area contributed by atoms with E-state index < -0.39 is 0 Å². The number of fused-ring (bicyclic) bond motifs is 1. The molecule has 158 valence electrons. The fraction of sp³-hybridized carbons (Fsp3) is 0.200. The van der Waals surface area contributed by atoms with E-state index in [1.807, 2.05) is 49.4 Å². The molecule has 1 heterocycles. The lowest BCUT2D eigenvalue weighted by Gasteiger charge is -2.07. The second kappa shape index (κ2) is 9.73. The zero-order chi connectivity index (χ0) is 21.6. The Balaban J connectivity index is 1.68. The average Bonchev–Trinajstić information content (AvgIpc) is 3.13. The Labute approximate surface area is 185 Å². The smallest absolute Gasteiger partial charge is 0.279 e. The van der Waals surface area contributed by atoms with Crippen molar-refractivity contribution in [1.29, 1.82) is 0 Å². The third kappa shape index (κ3) is 4.93. The van der Waals surface area contributed by atoms with Crippen molar-refractivity contribution in [3.05, 3.63) is 88.7 Å². The quantitative estimate of drug-likeness (QED) is 0.358. The van der Waals surface area contributed by atoms with Crippen LogP contribution >= 0.6 is 11.3 Å². The summed E-state index contributed by atoms with van der Waals surface area (Å²) in [5.74, 6) is 1.02. The van der Waals surface area contributed by atoms with E-state index in [2.05, 4.69) is 28.6 Å². The molecule has 0 saturated carbocycles. The number of ether oxygens (including phenoxy) is 2. The Hall–Kier alpha value is -3.22. The molecule has 4 rings (SSSR count). The Morgan fingerprint density at radius 2 is 1.77 bits per heavy atom. The Bertz CT molecular complexity index is 1260. The van der Waals surface area contributed by atoms with Gasteiger partial charge in [0.1, 0.15) is 11.5 Å². The second-order valence-electron chi connectivity index (χ2n) is 7.01. The Morgan fingerprint density at radius 3 is 2.58 bits per heavy atom. The summed E-state index contributed by atoms with van der Waals surface area (Å²) in [5, 5.41) is 0. The van der Waals surface area contributed by atoms with E-state index in [-0.39, 0.29) is 5.91 Å². The van der Waals surface area contributed by atoms with E-state index in [1.54, 1.807) is 18.2 Å². The van der Waals surface area contributed by atoms with Crippen LogP contribution in [0.2, 0.25) is 0 Å². The molecular weight excluding hydrogens is 408 g/mol. The summed E-state index contributed by atoms with van der Waals surface area (Å²) in [6.45, 7) is 5.91. The van der Waals surface area contributed by atoms with Crippen LogP contribution in [0.4, 0.5) is 0 Å². The number of carbonyl (C=O) groups is 1. The Kier molecular flexibility index (Phi) is 6.60. The van der Waals surface area contributed by atoms with Crippen LogP contribution in [-0.4, -0.2) is 23.7 Å². The summed E-state index contributed by atoms with van der Waals surface area (Å²) in [4.78, 5) is 18.1. The molecule has 0 unspecified atom stereocenters. The number of benzene rings is 3. The highest BCUT2D eigenvalue weighted by Gasteiger charge is 2.12. The number of nitrogens with zero attached hydrogens (tertiary/aromatic N) is 2. The van der Waals surface area contributed by atoms with Gasteiger partial charge in [0.25, 0.3) is 5.91 Å². The van der Waals surface area contributed by atoms with Gasteiger partial charge in [0.05, 0.1) is 16.8 Å². The van der Waals surface area contributed by atoms with Crippen LogP contribution in [0.15, 0.2) is 77.8 Å². The van der Waals surface area contributed by atoms with Crippen LogP contribution in [0.5, 0.6) is 11.5 Å². The predicted octanol–water partition coefficient (Wildman–Crippen LogP) is 5.58. The van der Waals surface area contributed by atoms with Crippen LogP contribution in [0, 0.1) is 6.92 Å². The van der Waals surface area contributed by atoms with Gasteiger partial charge in [0.2, 0.25) is 0 Å². The first-order valence-electron chi connectivity index (χ1n) is 10.2. The maximum Gasteiger partial charge on any atom is 0.279 e. The third-order valence-corrected chi connectivity index (χ3v) is 5.87. The van der Waals surface area contributed by atoms with E-state index in [0.29, 0.717) is 35.9 Å². The van der Waals surface area contributed by atoms with Crippen molar-refractivity contribution < 1.29 is 14.3 Å². The highest BCUT2D eigenvalue weighted by molar-refractivity contribution is 7.16. The molecule has 1 aromatic heterocycles. The van der Waals surface area contributed by atoms with Crippen LogP contribution in [0.1, 0.15) is 22.8 Å². The SMILES string of the molecule is CCOCCn1c(=NC(=O)c2cccc(Oc3ccccc3)c2)sc2cccc(C)c21. The number of amides is 1. The lowest BCUT2D eigenvalue weighted by molar-refractivity contribution is 0.0996. The molecule has 6 heteroatoms. The standard InChI is InChI=1S/C25H24N2O3S/c1-3-29-16-15-27-23-18(2)9-7-14-22(23)31-25(27)26-24(28)19-10-8-13-21(17-19)30-20-11-5-4-6-12-20/h4-14,17H,3,15-16H2,1-2H3. The van der Waals surface area contributed by atoms with Crippen molar-refractivity contribution >= 4 is 27.5 Å². The van der Waals surface area contributed by atoms with Gasteiger partial charge in [-0.05, 0) is 55.8 Å². The van der Waals surface area contributed by atoms with Crippen LogP contribution in [0.3, 0.4) is 0 Å². The van der Waals surface area contributed by atoms with Crippen molar-refractivity contribution in [2.45, 2.75) is 20.4 Å². The van der Waals surface area contributed by atoms with Crippen molar-refractivity contribution in [3.8, 4) is 11.5 Å². The maximum atomic E-state index is 13.0. The first-order chi connectivity index (χ1) is 15.2. The van der Waals surface area contributed by atoms with Gasteiger partial charge in [-0.3, -0.25) is 4.79 Å². The number of rotatable bonds is 7. The molecule has 0 aliphatic rings. The minimum atomic E-state index is -0.298. The number of carbonyl (C=O) groups excluding carboxylic acids is 1. The molecule has 0 atom stereocenters. The zero-order valence-electron chi connectivity index (χ0n) is 17.6. The molecule has 3 aromatic carbocycles. The minimum absolute atomic E-state index is 0.298. The van der Waals surface area contributed by atoms with Crippen molar-refractivity contribution in [1.82, 2.24) is 4.57 Å². The maximum absolute atomic E-state index is 13.0. The molecule has 0 saturated heterocycles. The van der Waals surface area contributed by atoms with Gasteiger partial charge in [0.15, 0.2) is 4.80 Å². The second-order valence-corrected chi connectivity index (χ2v) is 8.02. The van der Waals surface area contributed by atoms with Gasteiger partial charge >= 0.3 is 0 Å². The van der Waals surface area contributed by atoms with E-state index in [4.69, 9.17) is 9.47 Å². The number of aryl methyl sites for hydroxylation is 1. The molecule has 31 heavy (non-hydrogen) atoms. The lowest BCUT2D eigenvalue weighted by Crippen LogP contribution is -2.20. The molecule has 1 amide bonds. The third-order valence-electron chi connectivity index (χ3n) is 4.82. The first-order valence-corrected chi connectivity index (χ1v) is 11.1. The largest absolute Gasteiger partial charge is 0.457 e. The van der Waals surface area contributed by atoms with Gasteiger partial charge in [0, 0.05) is 18.7 Å². The summed E-state index contributed by atoms with van der Waals surface area (Å²) in [7, 11) is 0. The minimum Gasteiger partial charge on any atom is -0.457 e. The van der Waals surface area contributed by atoms with Crippen molar-refractivity contribution in [2.24, 2.45) is 4.99 Å². The Morgan fingerprint density at radius 1 is 1.00 bits per heavy atom. The van der Waals surface area contributed by atoms with Gasteiger partial charge in [-0.1, -0.05) is 47.7 Å². The van der Waals surface area contributed by atoms with E-state index >= 15 is 0 Å². The molecule has 0 spiro atoms. The fourth-order valence-corrected chi connectivity index (χ4v) is 4.50. The summed E-state index contributed by atoms with van der Waals surface area (Å²) in [6, 6.07) is 22.8. The summed E-state index contributed by atoms with van der Waals surface area (Å²) < 4.78 is 14.6. The van der Waals surface area contributed by atoms with Crippen molar-refractivity contribution in [3.63, 3.8) is 0 Å². The monoisotopic (exact) mass is 432 g/mol. The molecule has 0 radical (unpaired) electrons. The van der Waals surface area contributed by atoms with Gasteiger partial charge in [-0.15, -0.1) is 0 Å². The molecule has 0 aliphatic heterocycles. The number of para-hydroxylation sites is 2. The lowest BCUT2D eigenvalue weighted by atomic mass is 10.2. The molecule has 0 aliphatic carbocycles. The summed E-state index contributed by atoms with van der Waals surface area (Å²) >= 11 is 1.51. The number of thiazole rings is 1. The molecule has 0 fully saturated rings. The van der Waals surface area contributed by atoms with E-state index in [0.717, 1.165) is 21.5 Å². The number of hydrogen-bond donors (Lipinski definition) is 0. The first kappa shape index (κ1) is 21.0. The van der Waals surface area contributed by atoms with Crippen molar-refractivity contribution in [2.75, 3.05) is 13.2 Å². The predicted molar refractivity (Wildman–Crippen MR) is 124 cm³/mol. The van der Waals surface area contributed by atoms with Gasteiger partial charge in [-0.25, -0.2) is 0 Å². The van der Waals surface area contributed by atoms with Gasteiger partial charge < -0.3 is 14.0 Å². The number of aromatic nitrogens is 1. The van der Waals surface area contributed by atoms with Crippen LogP contribution in [-0.2, 0) is 11.3 Å². The topological polar surface area (TPSA) is 52.8 Å². The van der Waals surface area contributed by atoms with E-state index in [9.17, 15) is 4.79 Å². The van der Waals surface area contributed by atoms with Crippen LogP contribution in [0.25, 0.3) is 10.2 Å². The number of hydrogen-bond acceptors (Lipinski definition) is 4. The highest BCUT2D eigenvalue weighted by atomic mass is 32.1. The van der Waals surface area contributed by atoms with E-state index in [1.165, 1.54) is 11.3 Å². The summed E-state index contributed by atoms with van der Waals surface area (Å²) in [6.07, 6.45) is 0. The zero-order valence-corrected chi connectivity index (χ0v) is 18.4. The fourth-order valence-electron chi connectivity index (χ4n) is 3.37. The van der Waals surface area contributed by atoms with Crippen LogP contribution < -0.4 is 9.54 Å². The molecule has 5 nitrogen and oxygen atoms in total. The molecular formula is C25H24N2O3S. The molecule has 0 N–H and O–H groups in total.